The Hall–Kier alpha value is -3.10. The predicted molar refractivity (Wildman–Crippen MR) is 109 cm³/mol. The lowest BCUT2D eigenvalue weighted by molar-refractivity contribution is 0.0913. The number of benzene rings is 2. The highest BCUT2D eigenvalue weighted by molar-refractivity contribution is 6.30. The molecule has 1 atom stereocenters. The molecule has 30 heavy (non-hydrogen) atoms. The number of halogens is 3. The molecule has 0 aliphatic carbocycles. The molecule has 1 amide bonds. The zero-order valence-electron chi connectivity index (χ0n) is 15.9. The molecular weight excluding hydrogens is 416 g/mol. The molecule has 0 unspecified atom stereocenters. The number of hydrogen-bond donors (Lipinski definition) is 2. The number of aliphatic hydroxyl groups is 1. The second-order valence-electron chi connectivity index (χ2n) is 6.53. The Bertz CT molecular complexity index is 1150. The van der Waals surface area contributed by atoms with Gasteiger partial charge in [0.1, 0.15) is 17.2 Å². The van der Waals surface area contributed by atoms with Gasteiger partial charge in [0.2, 0.25) is 0 Å². The number of rotatable bonds is 6. The van der Waals surface area contributed by atoms with E-state index in [-0.39, 0.29) is 34.1 Å². The average molecular weight is 434 g/mol. The summed E-state index contributed by atoms with van der Waals surface area (Å²) in [6, 6.07) is 9.74. The molecule has 0 aliphatic rings. The molecule has 2 aromatic carbocycles. The largest absolute Gasteiger partial charge is 0.394 e. The summed E-state index contributed by atoms with van der Waals surface area (Å²) in [7, 11) is 0. The number of amides is 1. The van der Waals surface area contributed by atoms with Gasteiger partial charge < -0.3 is 10.4 Å². The van der Waals surface area contributed by atoms with Gasteiger partial charge in [0.25, 0.3) is 11.5 Å². The fourth-order valence-electron chi connectivity index (χ4n) is 2.78. The monoisotopic (exact) mass is 433 g/mol. The van der Waals surface area contributed by atoms with Crippen LogP contribution in [0.3, 0.4) is 0 Å². The van der Waals surface area contributed by atoms with E-state index in [2.05, 4.69) is 10.4 Å². The van der Waals surface area contributed by atoms with E-state index in [1.165, 1.54) is 36.4 Å². The normalized spacial score (nSPS) is 11.9. The first kappa shape index (κ1) is 21.6. The van der Waals surface area contributed by atoms with Crippen molar-refractivity contribution in [3.8, 4) is 16.9 Å². The maximum absolute atomic E-state index is 14.0. The lowest BCUT2D eigenvalue weighted by atomic mass is 10.1. The van der Waals surface area contributed by atoms with Crippen molar-refractivity contribution in [1.82, 2.24) is 15.1 Å². The molecule has 0 spiro atoms. The third kappa shape index (κ3) is 4.55. The van der Waals surface area contributed by atoms with Crippen LogP contribution in [0.5, 0.6) is 0 Å². The first-order chi connectivity index (χ1) is 14.3. The highest BCUT2D eigenvalue weighted by Gasteiger charge is 2.20. The Morgan fingerprint density at radius 2 is 2.00 bits per heavy atom. The second-order valence-corrected chi connectivity index (χ2v) is 6.94. The number of carbonyl (C=O) groups excluding carboxylic acids is 1. The van der Waals surface area contributed by atoms with Crippen LogP contribution in [0, 0.1) is 11.6 Å². The minimum absolute atomic E-state index is 0.0936. The van der Waals surface area contributed by atoms with Crippen LogP contribution < -0.4 is 10.9 Å². The first-order valence-corrected chi connectivity index (χ1v) is 9.49. The molecule has 9 heteroatoms. The highest BCUT2D eigenvalue weighted by Crippen LogP contribution is 2.23. The van der Waals surface area contributed by atoms with Crippen molar-refractivity contribution in [2.75, 3.05) is 6.61 Å². The number of nitrogens with zero attached hydrogens (tertiary/aromatic N) is 2. The number of aromatic nitrogens is 2. The van der Waals surface area contributed by atoms with Crippen LogP contribution in [0.15, 0.2) is 53.3 Å². The number of nitrogens with one attached hydrogen (secondary N) is 1. The Labute approximate surface area is 175 Å². The summed E-state index contributed by atoms with van der Waals surface area (Å²) in [5.41, 5.74) is -0.600. The van der Waals surface area contributed by atoms with Gasteiger partial charge in [-0.3, -0.25) is 9.59 Å². The molecule has 1 aromatic heterocycles. The number of hydrogen-bond acceptors (Lipinski definition) is 4. The lowest BCUT2D eigenvalue weighted by Gasteiger charge is -2.15. The Morgan fingerprint density at radius 1 is 1.23 bits per heavy atom. The predicted octanol–water partition coefficient (Wildman–Crippen LogP) is 3.33. The summed E-state index contributed by atoms with van der Waals surface area (Å²) < 4.78 is 28.5. The SMILES string of the molecule is CC[C@@H](CO)NC(=O)c1cc(-c2ccc(Cl)c(F)c2)nn(-c2cccc(F)c2)c1=O. The number of aliphatic hydroxyl groups excluding tert-OH is 1. The van der Waals surface area contributed by atoms with Crippen molar-refractivity contribution in [1.29, 1.82) is 0 Å². The van der Waals surface area contributed by atoms with E-state index in [1.54, 1.807) is 6.92 Å². The standard InChI is InChI=1S/C21H18ClF2N3O3/c1-2-14(11-28)25-20(29)16-10-19(12-6-7-17(22)18(24)8-12)26-27(21(16)30)15-5-3-4-13(23)9-15/h3-10,14,28H,2,11H2,1H3,(H,25,29)/t14-/m0/s1. The van der Waals surface area contributed by atoms with Crippen molar-refractivity contribution in [3.63, 3.8) is 0 Å². The Balaban J connectivity index is 2.20. The zero-order valence-corrected chi connectivity index (χ0v) is 16.7. The smallest absolute Gasteiger partial charge is 0.284 e. The molecule has 3 aromatic rings. The van der Waals surface area contributed by atoms with Gasteiger partial charge in [-0.1, -0.05) is 30.7 Å². The molecule has 0 fully saturated rings. The number of carbonyl (C=O) groups is 1. The minimum atomic E-state index is -0.788. The maximum Gasteiger partial charge on any atom is 0.284 e. The van der Waals surface area contributed by atoms with Crippen molar-refractivity contribution >= 4 is 17.5 Å². The first-order valence-electron chi connectivity index (χ1n) is 9.11. The maximum atomic E-state index is 14.0. The van der Waals surface area contributed by atoms with Crippen LogP contribution in [0.4, 0.5) is 8.78 Å². The molecule has 156 valence electrons. The molecule has 2 N–H and O–H groups in total. The van der Waals surface area contributed by atoms with Gasteiger partial charge in [0.15, 0.2) is 0 Å². The second kappa shape index (κ2) is 9.15. The van der Waals surface area contributed by atoms with Crippen LogP contribution >= 0.6 is 11.6 Å². The third-order valence-corrected chi connectivity index (χ3v) is 4.78. The van der Waals surface area contributed by atoms with Crippen LogP contribution in [0.2, 0.25) is 5.02 Å². The van der Waals surface area contributed by atoms with Crippen LogP contribution in [0.1, 0.15) is 23.7 Å². The molecule has 3 rings (SSSR count). The van der Waals surface area contributed by atoms with Gasteiger partial charge in [-0.2, -0.15) is 9.78 Å². The summed E-state index contributed by atoms with van der Waals surface area (Å²) in [6.45, 7) is 1.46. The molecule has 1 heterocycles. The summed E-state index contributed by atoms with van der Waals surface area (Å²) in [5.74, 6) is -2.03. The van der Waals surface area contributed by atoms with Crippen molar-refractivity contribution < 1.29 is 18.7 Å². The van der Waals surface area contributed by atoms with E-state index >= 15 is 0 Å². The fourth-order valence-corrected chi connectivity index (χ4v) is 2.89. The summed E-state index contributed by atoms with van der Waals surface area (Å²) in [6.07, 6.45) is 0.445. The molecule has 0 saturated carbocycles. The molecule has 0 bridgehead atoms. The van der Waals surface area contributed by atoms with Gasteiger partial charge >= 0.3 is 0 Å². The van der Waals surface area contributed by atoms with E-state index in [0.29, 0.717) is 6.42 Å². The van der Waals surface area contributed by atoms with Crippen molar-refractivity contribution in [3.05, 3.63) is 81.1 Å². The molecule has 6 nitrogen and oxygen atoms in total. The summed E-state index contributed by atoms with van der Waals surface area (Å²) >= 11 is 5.73. The van der Waals surface area contributed by atoms with E-state index in [4.69, 9.17) is 11.6 Å². The van der Waals surface area contributed by atoms with Crippen molar-refractivity contribution in [2.24, 2.45) is 0 Å². The molecule has 0 radical (unpaired) electrons. The van der Waals surface area contributed by atoms with E-state index in [9.17, 15) is 23.5 Å². The summed E-state index contributed by atoms with van der Waals surface area (Å²) in [4.78, 5) is 25.7. The van der Waals surface area contributed by atoms with Crippen molar-refractivity contribution in [2.45, 2.75) is 19.4 Å². The lowest BCUT2D eigenvalue weighted by Crippen LogP contribution is -2.40. The van der Waals surface area contributed by atoms with Gasteiger partial charge in [-0.15, -0.1) is 0 Å². The van der Waals surface area contributed by atoms with Gasteiger partial charge in [0, 0.05) is 5.56 Å². The molecule has 0 aliphatic heterocycles. The van der Waals surface area contributed by atoms with Crippen LogP contribution in [-0.2, 0) is 0 Å². The van der Waals surface area contributed by atoms with Gasteiger partial charge in [-0.05, 0) is 42.8 Å². The van der Waals surface area contributed by atoms with Gasteiger partial charge in [0.05, 0.1) is 29.1 Å². The van der Waals surface area contributed by atoms with Crippen LogP contribution in [0.25, 0.3) is 16.9 Å². The van der Waals surface area contributed by atoms with E-state index in [1.807, 2.05) is 0 Å². The Kier molecular flexibility index (Phi) is 6.59. The molecular formula is C21H18ClF2N3O3. The van der Waals surface area contributed by atoms with E-state index in [0.717, 1.165) is 16.8 Å². The Morgan fingerprint density at radius 3 is 2.63 bits per heavy atom. The average Bonchev–Trinajstić information content (AvgIpc) is 2.74. The van der Waals surface area contributed by atoms with E-state index < -0.39 is 29.1 Å². The molecule has 0 saturated heterocycles. The highest BCUT2D eigenvalue weighted by atomic mass is 35.5. The zero-order chi connectivity index (χ0) is 21.8. The van der Waals surface area contributed by atoms with Crippen LogP contribution in [-0.4, -0.2) is 33.4 Å². The topological polar surface area (TPSA) is 84.2 Å². The minimum Gasteiger partial charge on any atom is -0.394 e. The quantitative estimate of drug-likeness (QED) is 0.624. The van der Waals surface area contributed by atoms with Gasteiger partial charge in [-0.25, -0.2) is 8.78 Å². The summed E-state index contributed by atoms with van der Waals surface area (Å²) in [5, 5.41) is 16.0. The third-order valence-electron chi connectivity index (χ3n) is 4.47. The fraction of sp³-hybridized carbons (Fsp3) is 0.190.